The SMILES string of the molecule is Cc1cccc(N2CCN(C[C@@H]3C(=O)O[C@@H]4C[C@@]5(C)CCC[C@H](C)[C@@]56O[C@H]6[C@H]34)CC2)c1C. The van der Waals surface area contributed by atoms with E-state index >= 15 is 0 Å². The fourth-order valence-electron chi connectivity index (χ4n) is 7.97. The van der Waals surface area contributed by atoms with Crippen LogP contribution >= 0.6 is 0 Å². The minimum absolute atomic E-state index is 0.0000399. The predicted molar refractivity (Wildman–Crippen MR) is 125 cm³/mol. The summed E-state index contributed by atoms with van der Waals surface area (Å²) in [6, 6.07) is 6.59. The second-order valence-electron chi connectivity index (χ2n) is 11.6. The number of carbonyl (C=O) groups excluding carboxylic acids is 1. The van der Waals surface area contributed by atoms with Crippen molar-refractivity contribution in [3.05, 3.63) is 29.3 Å². The third-order valence-electron chi connectivity index (χ3n) is 9.94. The van der Waals surface area contributed by atoms with E-state index in [0.29, 0.717) is 5.92 Å². The van der Waals surface area contributed by atoms with E-state index in [9.17, 15) is 4.79 Å². The molecular weight excluding hydrogens is 400 g/mol. The molecule has 5 aliphatic rings. The number of epoxide rings is 1. The monoisotopic (exact) mass is 438 g/mol. The maximum atomic E-state index is 13.0. The van der Waals surface area contributed by atoms with Crippen LogP contribution in [0.3, 0.4) is 0 Å². The van der Waals surface area contributed by atoms with Gasteiger partial charge in [0.1, 0.15) is 11.7 Å². The van der Waals surface area contributed by atoms with Gasteiger partial charge in [-0.2, -0.15) is 0 Å². The van der Waals surface area contributed by atoms with Gasteiger partial charge in [-0.3, -0.25) is 9.69 Å². The fraction of sp³-hybridized carbons (Fsp3) is 0.741. The zero-order valence-electron chi connectivity index (χ0n) is 20.1. The standard InChI is InChI=1S/C27H38N2O3/c1-17-7-5-9-21(19(17)3)29-13-11-28(12-14-29)16-20-23-22(31-25(20)30)15-26(4)10-6-8-18(2)27(26)24(23)32-27/h5,7,9,18,20,22-24H,6,8,10-16H2,1-4H3/t18-,20-,22+,23+,24-,26+,27-/m0/s1. The summed E-state index contributed by atoms with van der Waals surface area (Å²) in [6.07, 6.45) is 4.99. The van der Waals surface area contributed by atoms with Crippen LogP contribution in [0.5, 0.6) is 0 Å². The summed E-state index contributed by atoms with van der Waals surface area (Å²) in [6.45, 7) is 14.0. The molecule has 7 atom stereocenters. The van der Waals surface area contributed by atoms with E-state index in [1.54, 1.807) is 0 Å². The summed E-state index contributed by atoms with van der Waals surface area (Å²) < 4.78 is 12.6. The van der Waals surface area contributed by atoms with Crippen LogP contribution in [0.2, 0.25) is 0 Å². The van der Waals surface area contributed by atoms with E-state index < -0.39 is 0 Å². The molecule has 6 rings (SSSR count). The van der Waals surface area contributed by atoms with Crippen LogP contribution < -0.4 is 4.90 Å². The Morgan fingerprint density at radius 1 is 1.16 bits per heavy atom. The van der Waals surface area contributed by atoms with Gasteiger partial charge in [-0.1, -0.05) is 32.4 Å². The summed E-state index contributed by atoms with van der Waals surface area (Å²) in [5.41, 5.74) is 4.26. The second-order valence-corrected chi connectivity index (χ2v) is 11.6. The van der Waals surface area contributed by atoms with Gasteiger partial charge >= 0.3 is 5.97 Å². The molecule has 174 valence electrons. The first-order valence-electron chi connectivity index (χ1n) is 12.8. The van der Waals surface area contributed by atoms with Gasteiger partial charge in [-0.25, -0.2) is 0 Å². The van der Waals surface area contributed by atoms with Crippen LogP contribution in [0.1, 0.15) is 50.7 Å². The summed E-state index contributed by atoms with van der Waals surface area (Å²) in [5.74, 6) is 0.825. The fourth-order valence-corrected chi connectivity index (χ4v) is 7.97. The zero-order chi connectivity index (χ0) is 22.3. The number of piperazine rings is 1. The number of esters is 1. The largest absolute Gasteiger partial charge is 0.462 e. The lowest BCUT2D eigenvalue weighted by atomic mass is 9.53. The summed E-state index contributed by atoms with van der Waals surface area (Å²) in [5, 5.41) is 0. The van der Waals surface area contributed by atoms with Crippen molar-refractivity contribution in [3.8, 4) is 0 Å². The molecule has 2 saturated carbocycles. The molecule has 1 spiro atoms. The molecule has 1 aromatic carbocycles. The average Bonchev–Trinajstić information content (AvgIpc) is 3.45. The number of fused-ring (bicyclic) bond motifs is 2. The van der Waals surface area contributed by atoms with E-state index in [2.05, 4.69) is 55.7 Å². The van der Waals surface area contributed by atoms with Gasteiger partial charge in [0.15, 0.2) is 0 Å². The average molecular weight is 439 g/mol. The Bertz CT molecular complexity index is 925. The quantitative estimate of drug-likeness (QED) is 0.528. The minimum atomic E-state index is -0.0321. The lowest BCUT2D eigenvalue weighted by molar-refractivity contribution is -0.146. The molecule has 0 aromatic heterocycles. The van der Waals surface area contributed by atoms with E-state index in [0.717, 1.165) is 39.1 Å². The van der Waals surface area contributed by atoms with Crippen LogP contribution in [0.15, 0.2) is 18.2 Å². The topological polar surface area (TPSA) is 45.3 Å². The highest BCUT2D eigenvalue weighted by molar-refractivity contribution is 5.76. The van der Waals surface area contributed by atoms with Gasteiger partial charge < -0.3 is 14.4 Å². The Balaban J connectivity index is 1.15. The molecule has 0 N–H and O–H groups in total. The number of benzene rings is 1. The Morgan fingerprint density at radius 3 is 2.72 bits per heavy atom. The predicted octanol–water partition coefficient (Wildman–Crippen LogP) is 3.95. The first-order chi connectivity index (χ1) is 15.3. The molecule has 0 radical (unpaired) electrons. The second kappa shape index (κ2) is 7.20. The molecule has 32 heavy (non-hydrogen) atoms. The Kier molecular flexibility index (Phi) is 4.72. The van der Waals surface area contributed by atoms with Gasteiger partial charge in [-0.05, 0) is 56.2 Å². The number of nitrogens with zero attached hydrogens (tertiary/aromatic N) is 2. The van der Waals surface area contributed by atoms with Crippen molar-refractivity contribution in [2.45, 2.75) is 71.2 Å². The van der Waals surface area contributed by atoms with Crippen LogP contribution in [-0.4, -0.2) is 61.4 Å². The van der Waals surface area contributed by atoms with E-state index in [1.807, 2.05) is 0 Å². The van der Waals surface area contributed by atoms with Crippen molar-refractivity contribution >= 4 is 11.7 Å². The van der Waals surface area contributed by atoms with Crippen molar-refractivity contribution in [1.29, 1.82) is 0 Å². The van der Waals surface area contributed by atoms with Gasteiger partial charge in [0.25, 0.3) is 0 Å². The summed E-state index contributed by atoms with van der Waals surface area (Å²) in [4.78, 5) is 18.0. The number of anilines is 1. The zero-order valence-corrected chi connectivity index (χ0v) is 20.1. The van der Waals surface area contributed by atoms with Crippen LogP contribution in [0.25, 0.3) is 0 Å². The van der Waals surface area contributed by atoms with Gasteiger partial charge in [0, 0.05) is 49.7 Å². The highest BCUT2D eigenvalue weighted by atomic mass is 16.6. The number of carbonyl (C=O) groups is 1. The summed E-state index contributed by atoms with van der Waals surface area (Å²) >= 11 is 0. The Hall–Kier alpha value is -1.59. The minimum Gasteiger partial charge on any atom is -0.462 e. The molecule has 3 heterocycles. The molecule has 5 nitrogen and oxygen atoms in total. The van der Waals surface area contributed by atoms with Crippen molar-refractivity contribution in [3.63, 3.8) is 0 Å². The summed E-state index contributed by atoms with van der Waals surface area (Å²) in [7, 11) is 0. The molecule has 2 aliphatic carbocycles. The number of rotatable bonds is 3. The van der Waals surface area contributed by atoms with Crippen molar-refractivity contribution < 1.29 is 14.3 Å². The van der Waals surface area contributed by atoms with Crippen molar-refractivity contribution in [2.24, 2.45) is 23.2 Å². The van der Waals surface area contributed by atoms with E-state index in [1.165, 1.54) is 36.1 Å². The first-order valence-corrected chi connectivity index (χ1v) is 12.8. The van der Waals surface area contributed by atoms with Crippen molar-refractivity contribution in [2.75, 3.05) is 37.6 Å². The maximum absolute atomic E-state index is 13.0. The van der Waals surface area contributed by atoms with Crippen LogP contribution in [0.4, 0.5) is 5.69 Å². The molecule has 0 amide bonds. The number of aryl methyl sites for hydroxylation is 1. The molecule has 0 bridgehead atoms. The smallest absolute Gasteiger partial charge is 0.311 e. The lowest BCUT2D eigenvalue weighted by Crippen LogP contribution is -2.55. The maximum Gasteiger partial charge on any atom is 0.311 e. The van der Waals surface area contributed by atoms with E-state index in [-0.39, 0.29) is 41.0 Å². The molecule has 1 aromatic rings. The molecule has 3 saturated heterocycles. The molecular formula is C27H38N2O3. The Labute approximate surface area is 192 Å². The van der Waals surface area contributed by atoms with Gasteiger partial charge in [0.2, 0.25) is 0 Å². The Morgan fingerprint density at radius 2 is 1.94 bits per heavy atom. The normalized spacial score (nSPS) is 43.3. The lowest BCUT2D eigenvalue weighted by Gasteiger charge is -2.49. The third-order valence-corrected chi connectivity index (χ3v) is 9.94. The van der Waals surface area contributed by atoms with Gasteiger partial charge in [-0.15, -0.1) is 0 Å². The van der Waals surface area contributed by atoms with Crippen LogP contribution in [-0.2, 0) is 14.3 Å². The van der Waals surface area contributed by atoms with Crippen LogP contribution in [0, 0.1) is 37.0 Å². The first kappa shape index (κ1) is 21.0. The molecule has 0 unspecified atom stereocenters. The molecule has 5 fully saturated rings. The number of hydrogen-bond donors (Lipinski definition) is 0. The highest BCUT2D eigenvalue weighted by Crippen LogP contribution is 2.70. The number of hydrogen-bond acceptors (Lipinski definition) is 5. The third kappa shape index (κ3) is 2.86. The van der Waals surface area contributed by atoms with E-state index in [4.69, 9.17) is 9.47 Å². The molecule has 5 heteroatoms. The van der Waals surface area contributed by atoms with Gasteiger partial charge in [0.05, 0.1) is 12.0 Å². The highest BCUT2D eigenvalue weighted by Gasteiger charge is 2.78. The number of ether oxygens (including phenoxy) is 2. The van der Waals surface area contributed by atoms with Crippen molar-refractivity contribution in [1.82, 2.24) is 4.90 Å². The molecule has 3 aliphatic heterocycles.